The van der Waals surface area contributed by atoms with E-state index >= 15 is 0 Å². The van der Waals surface area contributed by atoms with Gasteiger partial charge in [-0.1, -0.05) is 49.6 Å². The maximum atomic E-state index is 3.85. The zero-order chi connectivity index (χ0) is 15.6. The third kappa shape index (κ3) is 8.40. The molecule has 2 nitrogen and oxygen atoms in total. The minimum Gasteiger partial charge on any atom is -1.00 e. The summed E-state index contributed by atoms with van der Waals surface area (Å²) >= 11 is 0. The lowest BCUT2D eigenvalue weighted by atomic mass is 10.2. The maximum Gasteiger partial charge on any atom is 0.104 e. The highest BCUT2D eigenvalue weighted by atomic mass is 35.5. The minimum atomic E-state index is 0. The van der Waals surface area contributed by atoms with Gasteiger partial charge in [-0.15, -0.1) is 0 Å². The summed E-state index contributed by atoms with van der Waals surface area (Å²) in [6.07, 6.45) is 7.26. The summed E-state index contributed by atoms with van der Waals surface area (Å²) in [6, 6.07) is 14.4. The molecule has 1 heterocycles. The fraction of sp³-hybridized carbons (Fsp3) is 0.211. The van der Waals surface area contributed by atoms with Crippen molar-refractivity contribution in [3.8, 4) is 0 Å². The molecule has 2 aromatic rings. The maximum absolute atomic E-state index is 3.85. The van der Waals surface area contributed by atoms with Gasteiger partial charge in [0.15, 0.2) is 0 Å². The number of quaternary nitrogens is 1. The van der Waals surface area contributed by atoms with Crippen LogP contribution in [0.2, 0.25) is 0 Å². The van der Waals surface area contributed by atoms with E-state index in [-0.39, 0.29) is 12.4 Å². The molecule has 3 heteroatoms. The predicted molar refractivity (Wildman–Crippen MR) is 91.6 cm³/mol. The van der Waals surface area contributed by atoms with Gasteiger partial charge in [0, 0.05) is 18.0 Å². The lowest BCUT2D eigenvalue weighted by Gasteiger charge is -2.28. The van der Waals surface area contributed by atoms with Gasteiger partial charge in [0.05, 0.1) is 20.6 Å². The Labute approximate surface area is 140 Å². The Morgan fingerprint density at radius 2 is 1.59 bits per heavy atom. The molecule has 22 heavy (non-hydrogen) atoms. The minimum absolute atomic E-state index is 0. The molecule has 0 saturated carbocycles. The van der Waals surface area contributed by atoms with Gasteiger partial charge in [0.2, 0.25) is 0 Å². The molecule has 0 N–H and O–H groups in total. The monoisotopic (exact) mass is 316 g/mol. The van der Waals surface area contributed by atoms with Gasteiger partial charge in [0.25, 0.3) is 0 Å². The van der Waals surface area contributed by atoms with Crippen molar-refractivity contribution < 1.29 is 16.9 Å². The number of pyridine rings is 1. The van der Waals surface area contributed by atoms with Crippen molar-refractivity contribution in [1.82, 2.24) is 4.98 Å². The Hall–Kier alpha value is -1.90. The zero-order valence-corrected chi connectivity index (χ0v) is 14.2. The van der Waals surface area contributed by atoms with Crippen LogP contribution >= 0.6 is 0 Å². The fourth-order valence-electron chi connectivity index (χ4n) is 1.99. The zero-order valence-electron chi connectivity index (χ0n) is 13.5. The molecule has 1 aromatic carbocycles. The van der Waals surface area contributed by atoms with E-state index in [0.717, 1.165) is 23.1 Å². The summed E-state index contributed by atoms with van der Waals surface area (Å²) < 4.78 is 0.966. The van der Waals surface area contributed by atoms with E-state index in [2.05, 4.69) is 62.6 Å². The molecule has 0 unspecified atom stereocenters. The van der Waals surface area contributed by atoms with Crippen molar-refractivity contribution in [2.24, 2.45) is 0 Å². The Balaban J connectivity index is 0.000000423. The quantitative estimate of drug-likeness (QED) is 0.596. The van der Waals surface area contributed by atoms with Gasteiger partial charge >= 0.3 is 0 Å². The normalized spacial score (nSPS) is 9.73. The topological polar surface area (TPSA) is 12.9 Å². The second-order valence-electron chi connectivity index (χ2n) is 5.54. The first-order chi connectivity index (χ1) is 10.1. The highest BCUT2D eigenvalue weighted by molar-refractivity contribution is 5.44. The second-order valence-corrected chi connectivity index (χ2v) is 5.54. The average molecular weight is 317 g/mol. The highest BCUT2D eigenvalue weighted by Gasteiger charge is 2.12. The lowest BCUT2D eigenvalue weighted by Crippen LogP contribution is -3.00. The largest absolute Gasteiger partial charge is 1.00 e. The van der Waals surface area contributed by atoms with Crippen LogP contribution in [-0.4, -0.2) is 30.1 Å². The van der Waals surface area contributed by atoms with Crippen LogP contribution in [0.4, 0.5) is 0 Å². The molecule has 0 bridgehead atoms. The summed E-state index contributed by atoms with van der Waals surface area (Å²) in [5.74, 6) is 0. The van der Waals surface area contributed by atoms with E-state index in [1.807, 2.05) is 18.2 Å². The van der Waals surface area contributed by atoms with Gasteiger partial charge in [-0.2, -0.15) is 0 Å². The molecule has 0 amide bonds. The van der Waals surface area contributed by atoms with Crippen LogP contribution in [-0.2, 0) is 6.54 Å². The molecule has 0 radical (unpaired) electrons. The number of benzene rings is 1. The van der Waals surface area contributed by atoms with Crippen LogP contribution in [0.1, 0.15) is 11.1 Å². The standard InChI is InChI=1S/C12H18N.C7H7N.ClH/c1-4-10-13(2,3)11-12-8-6-5-7-9-12;1-2-7-3-5-8-6-4-7;/h4-9H,1,10-11H2,2-3H3;2-6H,1H2;1H/q+1;;/p-1. The third-order valence-corrected chi connectivity index (χ3v) is 3.02. The summed E-state index contributed by atoms with van der Waals surface area (Å²) in [7, 11) is 4.43. The van der Waals surface area contributed by atoms with Crippen molar-refractivity contribution in [2.75, 3.05) is 20.6 Å². The summed E-state index contributed by atoms with van der Waals surface area (Å²) in [5.41, 5.74) is 2.49. The Kier molecular flexibility index (Phi) is 9.84. The number of rotatable bonds is 5. The number of likely N-dealkylation sites (N-methyl/N-ethyl adjacent to an activating group) is 1. The Bertz CT molecular complexity index is 536. The first-order valence-electron chi connectivity index (χ1n) is 7.06. The molecule has 0 atom stereocenters. The second kappa shape index (κ2) is 10.8. The lowest BCUT2D eigenvalue weighted by molar-refractivity contribution is -0.897. The molecule has 0 aliphatic carbocycles. The van der Waals surface area contributed by atoms with Crippen LogP contribution in [0.25, 0.3) is 6.08 Å². The molecule has 0 aliphatic heterocycles. The van der Waals surface area contributed by atoms with Gasteiger partial charge in [-0.3, -0.25) is 4.98 Å². The molecular weight excluding hydrogens is 292 g/mol. The molecule has 0 fully saturated rings. The van der Waals surface area contributed by atoms with Gasteiger partial charge < -0.3 is 16.9 Å². The van der Waals surface area contributed by atoms with Gasteiger partial charge in [0.1, 0.15) is 6.54 Å². The fourth-order valence-corrected chi connectivity index (χ4v) is 1.99. The molecule has 1 aromatic heterocycles. The van der Waals surface area contributed by atoms with Gasteiger partial charge in [-0.05, 0) is 23.8 Å². The van der Waals surface area contributed by atoms with E-state index in [1.165, 1.54) is 5.56 Å². The number of hydrogen-bond acceptors (Lipinski definition) is 1. The number of halogens is 1. The number of hydrogen-bond donors (Lipinski definition) is 0. The first-order valence-corrected chi connectivity index (χ1v) is 7.06. The molecular formula is C19H25ClN2. The molecule has 118 valence electrons. The van der Waals surface area contributed by atoms with Crippen LogP contribution in [0, 0.1) is 0 Å². The summed E-state index contributed by atoms with van der Waals surface area (Å²) in [5, 5.41) is 0. The summed E-state index contributed by atoms with van der Waals surface area (Å²) in [6.45, 7) is 9.45. The van der Waals surface area contributed by atoms with Gasteiger partial charge in [-0.25, -0.2) is 0 Å². The molecule has 0 spiro atoms. The Morgan fingerprint density at radius 1 is 1.00 bits per heavy atom. The van der Waals surface area contributed by atoms with Crippen molar-refractivity contribution >= 4 is 6.08 Å². The van der Waals surface area contributed by atoms with Crippen LogP contribution in [0.5, 0.6) is 0 Å². The SMILES string of the molecule is C=CC[N+](C)(C)Cc1ccccc1.C=Cc1ccncc1.[Cl-]. The van der Waals surface area contributed by atoms with E-state index < -0.39 is 0 Å². The number of aromatic nitrogens is 1. The van der Waals surface area contributed by atoms with Crippen molar-refractivity contribution in [3.63, 3.8) is 0 Å². The van der Waals surface area contributed by atoms with E-state index in [4.69, 9.17) is 0 Å². The van der Waals surface area contributed by atoms with Crippen molar-refractivity contribution in [3.05, 3.63) is 85.2 Å². The van der Waals surface area contributed by atoms with Crippen LogP contribution < -0.4 is 12.4 Å². The van der Waals surface area contributed by atoms with Crippen molar-refractivity contribution in [1.29, 1.82) is 0 Å². The Morgan fingerprint density at radius 3 is 2.05 bits per heavy atom. The first kappa shape index (κ1) is 20.1. The van der Waals surface area contributed by atoms with Crippen LogP contribution in [0.3, 0.4) is 0 Å². The highest BCUT2D eigenvalue weighted by Crippen LogP contribution is 2.08. The molecule has 2 rings (SSSR count). The smallest absolute Gasteiger partial charge is 0.104 e. The van der Waals surface area contributed by atoms with Crippen molar-refractivity contribution in [2.45, 2.75) is 6.54 Å². The average Bonchev–Trinajstić information content (AvgIpc) is 2.49. The molecule has 0 saturated heterocycles. The van der Waals surface area contributed by atoms with Crippen LogP contribution in [0.15, 0.2) is 74.1 Å². The predicted octanol–water partition coefficient (Wildman–Crippen LogP) is 1.18. The summed E-state index contributed by atoms with van der Waals surface area (Å²) in [4.78, 5) is 3.85. The third-order valence-electron chi connectivity index (χ3n) is 3.02. The van der Waals surface area contributed by atoms with E-state index in [0.29, 0.717) is 0 Å². The molecule has 0 aliphatic rings. The van der Waals surface area contributed by atoms with E-state index in [1.54, 1.807) is 18.5 Å². The van der Waals surface area contributed by atoms with E-state index in [9.17, 15) is 0 Å². The number of nitrogens with zero attached hydrogens (tertiary/aromatic N) is 2.